The molecule has 1 unspecified atom stereocenters. The van der Waals surface area contributed by atoms with Gasteiger partial charge in [0.2, 0.25) is 11.8 Å². The molecule has 0 radical (unpaired) electrons. The van der Waals surface area contributed by atoms with E-state index in [2.05, 4.69) is 16.0 Å². The number of carbonyl (C=O) groups is 3. The number of piperidine rings is 2. The number of carbonyl (C=O) groups excluding carboxylic acids is 3. The average molecular weight is 436 g/mol. The molecule has 3 N–H and O–H groups in total. The lowest BCUT2D eigenvalue weighted by Crippen LogP contribution is -2.52. The van der Waals surface area contributed by atoms with E-state index in [0.29, 0.717) is 17.7 Å². The zero-order chi connectivity index (χ0) is 22.0. The molecule has 3 heterocycles. The van der Waals surface area contributed by atoms with Crippen LogP contribution >= 0.6 is 0 Å². The van der Waals surface area contributed by atoms with Crippen molar-refractivity contribution in [1.29, 1.82) is 0 Å². The van der Waals surface area contributed by atoms with Crippen LogP contribution in [-0.2, 0) is 22.7 Å². The predicted molar refractivity (Wildman–Crippen MR) is 103 cm³/mol. The highest BCUT2D eigenvalue weighted by Gasteiger charge is 2.81. The Morgan fingerprint density at radius 3 is 2.71 bits per heavy atom. The van der Waals surface area contributed by atoms with E-state index in [0.717, 1.165) is 5.56 Å². The summed E-state index contributed by atoms with van der Waals surface area (Å²) in [6.45, 7) is 1.05. The van der Waals surface area contributed by atoms with Gasteiger partial charge in [-0.1, -0.05) is 18.2 Å². The maximum absolute atomic E-state index is 13.5. The van der Waals surface area contributed by atoms with Gasteiger partial charge in [-0.25, -0.2) is 0 Å². The number of nitrogens with zero attached hydrogens (tertiary/aromatic N) is 1. The van der Waals surface area contributed by atoms with Gasteiger partial charge in [-0.2, -0.15) is 13.2 Å². The number of imide groups is 1. The van der Waals surface area contributed by atoms with E-state index in [1.807, 2.05) is 12.1 Å². The topological polar surface area (TPSA) is 90.5 Å². The van der Waals surface area contributed by atoms with Gasteiger partial charge in [0, 0.05) is 50.1 Å². The zero-order valence-electron chi connectivity index (χ0n) is 16.8. The first-order chi connectivity index (χ1) is 14.7. The standard InChI is InChI=1S/C21H23F3N4O3/c22-21(23,24)20-8-19(20,10-26-11-20)9-25-6-12-2-1-3-13-7-28(18(31)16(12)13)14-4-5-15(29)27-17(14)30/h1-3,14,25-26H,4-11H2,(H,27,29,30)/t14?,19-,20+/m1/s1. The fourth-order valence-electron chi connectivity index (χ4n) is 5.60. The Morgan fingerprint density at radius 1 is 1.19 bits per heavy atom. The molecule has 0 bridgehead atoms. The van der Waals surface area contributed by atoms with Crippen molar-refractivity contribution in [2.24, 2.45) is 10.8 Å². The maximum Gasteiger partial charge on any atom is 0.396 e. The smallest absolute Gasteiger partial charge is 0.322 e. The first kappa shape index (κ1) is 20.4. The summed E-state index contributed by atoms with van der Waals surface area (Å²) >= 11 is 0. The van der Waals surface area contributed by atoms with E-state index in [1.165, 1.54) is 4.90 Å². The molecule has 3 atom stereocenters. The first-order valence-electron chi connectivity index (χ1n) is 10.4. The zero-order valence-corrected chi connectivity index (χ0v) is 16.8. The van der Waals surface area contributed by atoms with Crippen molar-refractivity contribution in [3.05, 3.63) is 34.9 Å². The molecule has 0 spiro atoms. The Hall–Kier alpha value is -2.46. The van der Waals surface area contributed by atoms with Gasteiger partial charge in [-0.15, -0.1) is 0 Å². The van der Waals surface area contributed by atoms with Crippen molar-refractivity contribution in [3.63, 3.8) is 0 Å². The number of hydrogen-bond donors (Lipinski definition) is 3. The monoisotopic (exact) mass is 436 g/mol. The molecule has 1 saturated carbocycles. The minimum Gasteiger partial charge on any atom is -0.322 e. The third-order valence-electron chi connectivity index (χ3n) is 7.38. The van der Waals surface area contributed by atoms with Crippen LogP contribution in [0.4, 0.5) is 13.2 Å². The molecule has 2 saturated heterocycles. The summed E-state index contributed by atoms with van der Waals surface area (Å²) in [5, 5.41) is 8.30. The maximum atomic E-state index is 13.5. The van der Waals surface area contributed by atoms with E-state index >= 15 is 0 Å². The number of benzene rings is 1. The molecule has 3 fully saturated rings. The van der Waals surface area contributed by atoms with E-state index in [9.17, 15) is 27.6 Å². The van der Waals surface area contributed by atoms with Gasteiger partial charge in [-0.3, -0.25) is 19.7 Å². The number of hydrogen-bond acceptors (Lipinski definition) is 5. The van der Waals surface area contributed by atoms with Gasteiger partial charge in [0.15, 0.2) is 0 Å². The molecular weight excluding hydrogens is 413 g/mol. The van der Waals surface area contributed by atoms with Crippen molar-refractivity contribution in [2.75, 3.05) is 19.6 Å². The summed E-state index contributed by atoms with van der Waals surface area (Å²) in [5.74, 6) is -1.09. The number of rotatable bonds is 5. The normalized spacial score (nSPS) is 32.2. The Bertz CT molecular complexity index is 981. The largest absolute Gasteiger partial charge is 0.396 e. The predicted octanol–water partition coefficient (Wildman–Crippen LogP) is 1.08. The molecule has 3 aliphatic heterocycles. The summed E-state index contributed by atoms with van der Waals surface area (Å²) < 4.78 is 40.6. The molecular formula is C21H23F3N4O3. The lowest BCUT2D eigenvalue weighted by atomic mass is 9.95. The van der Waals surface area contributed by atoms with Gasteiger partial charge < -0.3 is 15.5 Å². The van der Waals surface area contributed by atoms with Crippen LogP contribution in [-0.4, -0.2) is 54.5 Å². The van der Waals surface area contributed by atoms with Crippen LogP contribution in [0, 0.1) is 10.8 Å². The molecule has 3 amide bonds. The molecule has 4 aliphatic rings. The molecule has 0 aromatic heterocycles. The van der Waals surface area contributed by atoms with Crippen molar-refractivity contribution in [3.8, 4) is 0 Å². The minimum atomic E-state index is -4.23. The second-order valence-electron chi connectivity index (χ2n) is 9.10. The van der Waals surface area contributed by atoms with Crippen LogP contribution in [0.2, 0.25) is 0 Å². The van der Waals surface area contributed by atoms with Crippen LogP contribution in [0.15, 0.2) is 18.2 Å². The fourth-order valence-corrected chi connectivity index (χ4v) is 5.60. The Kier molecular flexibility index (Phi) is 4.46. The Morgan fingerprint density at radius 2 is 2.00 bits per heavy atom. The summed E-state index contributed by atoms with van der Waals surface area (Å²) in [7, 11) is 0. The Labute approximate surface area is 176 Å². The second-order valence-corrected chi connectivity index (χ2v) is 9.10. The van der Waals surface area contributed by atoms with Crippen molar-refractivity contribution < 1.29 is 27.6 Å². The minimum absolute atomic E-state index is 0.0433. The molecule has 166 valence electrons. The van der Waals surface area contributed by atoms with Crippen LogP contribution in [0.5, 0.6) is 0 Å². The molecule has 1 aliphatic carbocycles. The van der Waals surface area contributed by atoms with Crippen molar-refractivity contribution >= 4 is 17.7 Å². The molecule has 7 nitrogen and oxygen atoms in total. The number of nitrogens with one attached hydrogen (secondary N) is 3. The van der Waals surface area contributed by atoms with Gasteiger partial charge in [-0.05, 0) is 24.0 Å². The highest BCUT2D eigenvalue weighted by molar-refractivity contribution is 6.05. The number of fused-ring (bicyclic) bond motifs is 2. The highest BCUT2D eigenvalue weighted by Crippen LogP contribution is 2.72. The molecule has 31 heavy (non-hydrogen) atoms. The van der Waals surface area contributed by atoms with Crippen LogP contribution < -0.4 is 16.0 Å². The summed E-state index contributed by atoms with van der Waals surface area (Å²) in [6, 6.07) is 4.72. The number of amides is 3. The van der Waals surface area contributed by atoms with E-state index in [1.54, 1.807) is 6.07 Å². The second kappa shape index (κ2) is 6.77. The SMILES string of the molecule is O=C1CCC(N2Cc3cccc(CNC[C@]45CNC[C@@]4(C(F)(F)F)C5)c3C2=O)C(=O)N1. The van der Waals surface area contributed by atoms with Crippen LogP contribution in [0.25, 0.3) is 0 Å². The summed E-state index contributed by atoms with van der Waals surface area (Å²) in [6.07, 6.45) is -3.64. The fraction of sp³-hybridized carbons (Fsp3) is 0.571. The molecule has 5 rings (SSSR count). The Balaban J connectivity index is 1.28. The molecule has 1 aromatic rings. The third kappa shape index (κ3) is 2.99. The van der Waals surface area contributed by atoms with Crippen LogP contribution in [0.1, 0.15) is 40.7 Å². The van der Waals surface area contributed by atoms with Gasteiger partial charge in [0.1, 0.15) is 6.04 Å². The summed E-state index contributed by atoms with van der Waals surface area (Å²) in [5.41, 5.74) is -0.487. The lowest BCUT2D eigenvalue weighted by Gasteiger charge is -2.29. The molecule has 1 aromatic carbocycles. The number of halogens is 3. The van der Waals surface area contributed by atoms with E-state index < -0.39 is 29.0 Å². The van der Waals surface area contributed by atoms with E-state index in [4.69, 9.17) is 0 Å². The highest BCUT2D eigenvalue weighted by atomic mass is 19.4. The van der Waals surface area contributed by atoms with Gasteiger partial charge in [0.25, 0.3) is 5.91 Å². The molecule has 10 heteroatoms. The third-order valence-corrected chi connectivity index (χ3v) is 7.38. The average Bonchev–Trinajstić information content (AvgIpc) is 3.01. The first-order valence-corrected chi connectivity index (χ1v) is 10.4. The lowest BCUT2D eigenvalue weighted by molar-refractivity contribution is -0.190. The summed E-state index contributed by atoms with van der Waals surface area (Å²) in [4.78, 5) is 38.2. The van der Waals surface area contributed by atoms with Crippen LogP contribution in [0.3, 0.4) is 0 Å². The quantitative estimate of drug-likeness (QED) is 0.601. The van der Waals surface area contributed by atoms with Crippen molar-refractivity contribution in [2.45, 2.75) is 44.6 Å². The van der Waals surface area contributed by atoms with Crippen molar-refractivity contribution in [1.82, 2.24) is 20.9 Å². The van der Waals surface area contributed by atoms with Gasteiger partial charge in [0.05, 0.1) is 5.41 Å². The van der Waals surface area contributed by atoms with E-state index in [-0.39, 0.29) is 57.3 Å². The van der Waals surface area contributed by atoms with Gasteiger partial charge >= 0.3 is 6.18 Å². The number of alkyl halides is 3.